The molecule has 1 aromatic rings. The van der Waals surface area contributed by atoms with Crippen LogP contribution in [0.15, 0.2) is 30.3 Å². The van der Waals surface area contributed by atoms with Gasteiger partial charge in [-0.2, -0.15) is 0 Å². The van der Waals surface area contributed by atoms with Crippen LogP contribution in [0.5, 0.6) is 0 Å². The van der Waals surface area contributed by atoms with E-state index in [0.717, 1.165) is 45.3 Å². The van der Waals surface area contributed by atoms with Crippen molar-refractivity contribution in [1.29, 1.82) is 0 Å². The zero-order chi connectivity index (χ0) is 20.8. The van der Waals surface area contributed by atoms with Gasteiger partial charge in [-0.1, -0.05) is 30.3 Å². The second-order valence-corrected chi connectivity index (χ2v) is 9.53. The van der Waals surface area contributed by atoms with Gasteiger partial charge in [-0.25, -0.2) is 0 Å². The minimum atomic E-state index is 0. The number of likely N-dealkylation sites (tertiary alicyclic amines) is 3. The third-order valence-electron chi connectivity index (χ3n) is 7.65. The average Bonchev–Trinajstić information content (AvgIpc) is 2.83. The monoisotopic (exact) mass is 484 g/mol. The first-order valence-corrected chi connectivity index (χ1v) is 12.2. The molecule has 1 unspecified atom stereocenters. The van der Waals surface area contributed by atoms with Crippen molar-refractivity contribution in [2.75, 3.05) is 52.9 Å². The van der Waals surface area contributed by atoms with Crippen LogP contribution in [0.3, 0.4) is 0 Å². The lowest BCUT2D eigenvalue weighted by Crippen LogP contribution is -2.52. The highest BCUT2D eigenvalue weighted by Crippen LogP contribution is 2.26. The van der Waals surface area contributed by atoms with Crippen molar-refractivity contribution in [2.24, 2.45) is 5.92 Å². The van der Waals surface area contributed by atoms with Gasteiger partial charge in [-0.05, 0) is 77.2 Å². The summed E-state index contributed by atoms with van der Waals surface area (Å²) in [6.07, 6.45) is 8.11. The minimum Gasteiger partial charge on any atom is -0.342 e. The fourth-order valence-corrected chi connectivity index (χ4v) is 5.63. The summed E-state index contributed by atoms with van der Waals surface area (Å²) < 4.78 is 0. The number of carbonyl (C=O) groups is 1. The molecule has 3 aliphatic rings. The summed E-state index contributed by atoms with van der Waals surface area (Å²) in [5.74, 6) is 0.649. The molecule has 1 N–H and O–H groups in total. The second-order valence-electron chi connectivity index (χ2n) is 9.53. The van der Waals surface area contributed by atoms with E-state index in [1.807, 2.05) is 7.05 Å². The molecule has 3 aliphatic heterocycles. The summed E-state index contributed by atoms with van der Waals surface area (Å²) >= 11 is 0. The number of carbonyl (C=O) groups excluding carboxylic acids is 1. The molecule has 0 bridgehead atoms. The SMILES string of the molecule is CNC1CCN(C(=O)C2CCCN(C3CCN(CCc4ccccc4)CC3)C2)CC1.Cl.Cl. The van der Waals surface area contributed by atoms with Crippen LogP contribution < -0.4 is 5.32 Å². The lowest BCUT2D eigenvalue weighted by atomic mass is 9.92. The van der Waals surface area contributed by atoms with Gasteiger partial charge in [0, 0.05) is 38.3 Å². The lowest BCUT2D eigenvalue weighted by molar-refractivity contribution is -0.139. The number of rotatable bonds is 6. The van der Waals surface area contributed by atoms with Gasteiger partial charge < -0.3 is 15.1 Å². The van der Waals surface area contributed by atoms with Gasteiger partial charge in [0.1, 0.15) is 0 Å². The van der Waals surface area contributed by atoms with Gasteiger partial charge in [-0.3, -0.25) is 9.69 Å². The molecule has 0 aromatic heterocycles. The van der Waals surface area contributed by atoms with Gasteiger partial charge in [0.2, 0.25) is 5.91 Å². The first kappa shape index (κ1) is 27.4. The molecule has 7 heteroatoms. The van der Waals surface area contributed by atoms with E-state index in [0.29, 0.717) is 18.0 Å². The molecule has 3 saturated heterocycles. The van der Waals surface area contributed by atoms with Crippen LogP contribution >= 0.6 is 24.8 Å². The maximum Gasteiger partial charge on any atom is 0.226 e. The standard InChI is InChI=1S/C25H40N4O.2ClH/c1-26-23-10-18-28(19-11-23)25(30)22-8-5-14-29(20-22)24-12-16-27(17-13-24)15-9-21-6-3-2-4-7-21;;/h2-4,6-7,22-24,26H,5,8-20H2,1H3;2*1H. The van der Waals surface area contributed by atoms with Crippen LogP contribution in [0.25, 0.3) is 0 Å². The first-order chi connectivity index (χ1) is 14.7. The van der Waals surface area contributed by atoms with E-state index in [-0.39, 0.29) is 30.7 Å². The van der Waals surface area contributed by atoms with Gasteiger partial charge in [0.15, 0.2) is 0 Å². The molecule has 32 heavy (non-hydrogen) atoms. The molecule has 1 amide bonds. The Hall–Kier alpha value is -0.850. The molecule has 4 rings (SSSR count). The number of halogens is 2. The fraction of sp³-hybridized carbons (Fsp3) is 0.720. The van der Waals surface area contributed by atoms with Crippen molar-refractivity contribution in [1.82, 2.24) is 20.0 Å². The van der Waals surface area contributed by atoms with E-state index in [2.05, 4.69) is 50.3 Å². The Labute approximate surface area is 207 Å². The molecule has 3 fully saturated rings. The molecule has 0 aliphatic carbocycles. The maximum absolute atomic E-state index is 13.1. The normalized spacial score (nSPS) is 23.9. The summed E-state index contributed by atoms with van der Waals surface area (Å²) in [4.78, 5) is 20.5. The van der Waals surface area contributed by atoms with E-state index in [1.165, 1.54) is 51.0 Å². The van der Waals surface area contributed by atoms with Crippen molar-refractivity contribution in [3.8, 4) is 0 Å². The summed E-state index contributed by atoms with van der Waals surface area (Å²) in [6, 6.07) is 12.1. The van der Waals surface area contributed by atoms with Crippen molar-refractivity contribution >= 4 is 30.7 Å². The van der Waals surface area contributed by atoms with Gasteiger partial charge in [-0.15, -0.1) is 24.8 Å². The molecule has 0 spiro atoms. The highest BCUT2D eigenvalue weighted by Gasteiger charge is 2.34. The quantitative estimate of drug-likeness (QED) is 0.670. The van der Waals surface area contributed by atoms with Gasteiger partial charge in [0.25, 0.3) is 0 Å². The Bertz CT molecular complexity index is 661. The molecule has 3 heterocycles. The molecule has 1 aromatic carbocycles. The summed E-state index contributed by atoms with van der Waals surface area (Å²) in [6.45, 7) is 7.59. The van der Waals surface area contributed by atoms with Crippen molar-refractivity contribution in [3.05, 3.63) is 35.9 Å². The third kappa shape index (κ3) is 7.33. The van der Waals surface area contributed by atoms with Gasteiger partial charge >= 0.3 is 0 Å². The Morgan fingerprint density at radius 1 is 0.938 bits per heavy atom. The zero-order valence-corrected chi connectivity index (χ0v) is 21.2. The van der Waals surface area contributed by atoms with E-state index in [4.69, 9.17) is 0 Å². The van der Waals surface area contributed by atoms with Crippen molar-refractivity contribution in [2.45, 2.75) is 57.0 Å². The van der Waals surface area contributed by atoms with Crippen LogP contribution in [-0.4, -0.2) is 85.6 Å². The molecular weight excluding hydrogens is 443 g/mol. The topological polar surface area (TPSA) is 38.8 Å². The van der Waals surface area contributed by atoms with E-state index in [1.54, 1.807) is 0 Å². The second kappa shape index (κ2) is 13.8. The van der Waals surface area contributed by atoms with Crippen LogP contribution in [0.4, 0.5) is 0 Å². The number of hydrogen-bond acceptors (Lipinski definition) is 4. The molecular formula is C25H42Cl2N4O. The van der Waals surface area contributed by atoms with Crippen LogP contribution in [0.2, 0.25) is 0 Å². The summed E-state index contributed by atoms with van der Waals surface area (Å²) in [5, 5.41) is 3.36. The Morgan fingerprint density at radius 3 is 2.28 bits per heavy atom. The van der Waals surface area contributed by atoms with E-state index >= 15 is 0 Å². The number of nitrogens with zero attached hydrogens (tertiary/aromatic N) is 3. The first-order valence-electron chi connectivity index (χ1n) is 12.2. The summed E-state index contributed by atoms with van der Waals surface area (Å²) in [7, 11) is 2.04. The predicted octanol–water partition coefficient (Wildman–Crippen LogP) is 3.46. The lowest BCUT2D eigenvalue weighted by Gasteiger charge is -2.43. The molecule has 0 saturated carbocycles. The Kier molecular flexibility index (Phi) is 11.8. The zero-order valence-electron chi connectivity index (χ0n) is 19.6. The van der Waals surface area contributed by atoms with Crippen molar-refractivity contribution < 1.29 is 4.79 Å². The summed E-state index contributed by atoms with van der Waals surface area (Å²) in [5.41, 5.74) is 1.44. The largest absolute Gasteiger partial charge is 0.342 e. The molecule has 1 atom stereocenters. The number of hydrogen-bond donors (Lipinski definition) is 1. The Balaban J connectivity index is 0.00000181. The molecule has 0 radical (unpaired) electrons. The van der Waals surface area contributed by atoms with Crippen LogP contribution in [0.1, 0.15) is 44.1 Å². The smallest absolute Gasteiger partial charge is 0.226 e. The number of nitrogens with one attached hydrogen (secondary N) is 1. The number of benzene rings is 1. The average molecular weight is 486 g/mol. The number of amides is 1. The highest BCUT2D eigenvalue weighted by molar-refractivity contribution is 5.85. The fourth-order valence-electron chi connectivity index (χ4n) is 5.63. The molecule has 182 valence electrons. The molecule has 5 nitrogen and oxygen atoms in total. The predicted molar refractivity (Wildman–Crippen MR) is 137 cm³/mol. The van der Waals surface area contributed by atoms with Crippen LogP contribution in [0, 0.1) is 5.92 Å². The van der Waals surface area contributed by atoms with Crippen molar-refractivity contribution in [3.63, 3.8) is 0 Å². The maximum atomic E-state index is 13.1. The van der Waals surface area contributed by atoms with Crippen LogP contribution in [-0.2, 0) is 11.2 Å². The Morgan fingerprint density at radius 2 is 1.62 bits per heavy atom. The third-order valence-corrected chi connectivity index (χ3v) is 7.65. The van der Waals surface area contributed by atoms with E-state index in [9.17, 15) is 4.79 Å². The van der Waals surface area contributed by atoms with E-state index < -0.39 is 0 Å². The number of piperidine rings is 3. The minimum absolute atomic E-state index is 0. The highest BCUT2D eigenvalue weighted by atomic mass is 35.5. The van der Waals surface area contributed by atoms with Gasteiger partial charge in [0.05, 0.1) is 5.92 Å².